The second-order valence-electron chi connectivity index (χ2n) is 4.28. The number of hydrogen-bond acceptors (Lipinski definition) is 1. The minimum Gasteiger partial charge on any atom is -0.296 e. The highest BCUT2D eigenvalue weighted by Gasteiger charge is 2.21. The molecule has 0 aliphatic carbocycles. The van der Waals surface area contributed by atoms with Gasteiger partial charge in [0, 0.05) is 18.5 Å². The van der Waals surface area contributed by atoms with Crippen LogP contribution in [0.25, 0.3) is 0 Å². The zero-order chi connectivity index (χ0) is 11.8. The summed E-state index contributed by atoms with van der Waals surface area (Å²) in [6, 6.07) is 0.652. The Morgan fingerprint density at radius 1 is 1.38 bits per heavy atom. The predicted molar refractivity (Wildman–Crippen MR) is 73.0 cm³/mol. The van der Waals surface area contributed by atoms with E-state index in [1.807, 2.05) is 18.2 Å². The molecule has 1 atom stereocenters. The lowest BCUT2D eigenvalue weighted by Gasteiger charge is -2.35. The lowest BCUT2D eigenvalue weighted by Crippen LogP contribution is -2.40. The van der Waals surface area contributed by atoms with Crippen LogP contribution in [0, 0.1) is 0 Å². The van der Waals surface area contributed by atoms with Crippen LogP contribution in [0.5, 0.6) is 0 Å². The van der Waals surface area contributed by atoms with Crippen molar-refractivity contribution >= 4 is 11.6 Å². The highest BCUT2D eigenvalue weighted by molar-refractivity contribution is 6.17. The van der Waals surface area contributed by atoms with Crippen LogP contribution in [0.4, 0.5) is 0 Å². The van der Waals surface area contributed by atoms with Crippen LogP contribution in [0.15, 0.2) is 37.0 Å². The average molecular weight is 240 g/mol. The maximum Gasteiger partial charge on any atom is 0.0238 e. The first-order valence-corrected chi connectivity index (χ1v) is 6.59. The van der Waals surface area contributed by atoms with E-state index in [2.05, 4.69) is 18.1 Å². The molecule has 1 aliphatic rings. The Morgan fingerprint density at radius 3 is 2.81 bits per heavy atom. The van der Waals surface area contributed by atoms with Crippen molar-refractivity contribution in [3.8, 4) is 0 Å². The van der Waals surface area contributed by atoms with Crippen molar-refractivity contribution < 1.29 is 0 Å². The van der Waals surface area contributed by atoms with Gasteiger partial charge in [-0.2, -0.15) is 0 Å². The molecule has 90 valence electrons. The van der Waals surface area contributed by atoms with Crippen LogP contribution in [0.2, 0.25) is 0 Å². The maximum atomic E-state index is 5.85. The first kappa shape index (κ1) is 13.5. The second kappa shape index (κ2) is 7.70. The van der Waals surface area contributed by atoms with Crippen molar-refractivity contribution in [1.82, 2.24) is 4.90 Å². The molecule has 0 amide bonds. The quantitative estimate of drug-likeness (QED) is 0.504. The van der Waals surface area contributed by atoms with E-state index in [-0.39, 0.29) is 0 Å². The SMILES string of the molecule is C=C/C=C(\C=C)CN1CCCCC1CCCl. The van der Waals surface area contributed by atoms with Gasteiger partial charge in [-0.15, -0.1) is 11.6 Å². The minimum atomic E-state index is 0.652. The topological polar surface area (TPSA) is 3.24 Å². The van der Waals surface area contributed by atoms with E-state index < -0.39 is 0 Å². The van der Waals surface area contributed by atoms with Crippen LogP contribution in [0.3, 0.4) is 0 Å². The summed E-state index contributed by atoms with van der Waals surface area (Å²) in [6.07, 6.45) is 10.8. The Kier molecular flexibility index (Phi) is 6.51. The van der Waals surface area contributed by atoms with Gasteiger partial charge in [0.2, 0.25) is 0 Å². The standard InChI is InChI=1S/C14H22ClN/c1-3-7-13(4-2)12-16-11-6-5-8-14(16)9-10-15/h3-4,7,14H,1-2,5-6,8-12H2/b13-7+. The summed E-state index contributed by atoms with van der Waals surface area (Å²) in [6.45, 7) is 9.75. The van der Waals surface area contributed by atoms with E-state index in [1.165, 1.54) is 31.4 Å². The molecule has 1 fully saturated rings. The van der Waals surface area contributed by atoms with Gasteiger partial charge in [0.05, 0.1) is 0 Å². The third kappa shape index (κ3) is 4.15. The minimum absolute atomic E-state index is 0.652. The highest BCUT2D eigenvalue weighted by atomic mass is 35.5. The zero-order valence-electron chi connectivity index (χ0n) is 10.00. The lowest BCUT2D eigenvalue weighted by molar-refractivity contribution is 0.159. The molecule has 0 radical (unpaired) electrons. The molecule has 0 spiro atoms. The number of halogens is 1. The van der Waals surface area contributed by atoms with Crippen molar-refractivity contribution in [2.24, 2.45) is 0 Å². The molecule has 0 aromatic rings. The van der Waals surface area contributed by atoms with Crippen molar-refractivity contribution in [1.29, 1.82) is 0 Å². The van der Waals surface area contributed by atoms with Gasteiger partial charge in [-0.05, 0) is 31.4 Å². The van der Waals surface area contributed by atoms with Crippen LogP contribution in [-0.2, 0) is 0 Å². The summed E-state index contributed by atoms with van der Waals surface area (Å²) in [4.78, 5) is 2.53. The number of rotatable bonds is 6. The number of piperidine rings is 1. The van der Waals surface area contributed by atoms with Crippen LogP contribution in [-0.4, -0.2) is 29.9 Å². The van der Waals surface area contributed by atoms with Gasteiger partial charge in [0.25, 0.3) is 0 Å². The summed E-state index contributed by atoms with van der Waals surface area (Å²) in [5, 5.41) is 0. The van der Waals surface area contributed by atoms with Crippen LogP contribution >= 0.6 is 11.6 Å². The molecule has 1 nitrogen and oxygen atoms in total. The molecule has 1 saturated heterocycles. The van der Waals surface area contributed by atoms with Crippen LogP contribution in [0.1, 0.15) is 25.7 Å². The maximum absolute atomic E-state index is 5.85. The van der Waals surface area contributed by atoms with Crippen LogP contribution < -0.4 is 0 Å². The molecule has 0 aromatic carbocycles. The van der Waals surface area contributed by atoms with E-state index >= 15 is 0 Å². The van der Waals surface area contributed by atoms with Gasteiger partial charge < -0.3 is 0 Å². The molecular formula is C14H22ClN. The molecule has 16 heavy (non-hydrogen) atoms. The number of nitrogens with zero attached hydrogens (tertiary/aromatic N) is 1. The highest BCUT2D eigenvalue weighted by Crippen LogP contribution is 2.21. The second-order valence-corrected chi connectivity index (χ2v) is 4.66. The van der Waals surface area contributed by atoms with Gasteiger partial charge in [-0.25, -0.2) is 0 Å². The Labute approximate surface area is 104 Å². The number of likely N-dealkylation sites (tertiary alicyclic amines) is 1. The van der Waals surface area contributed by atoms with Crippen molar-refractivity contribution in [2.45, 2.75) is 31.7 Å². The molecule has 2 heteroatoms. The first-order chi connectivity index (χ1) is 7.81. The van der Waals surface area contributed by atoms with Gasteiger partial charge in [0.15, 0.2) is 0 Å². The average Bonchev–Trinajstić information content (AvgIpc) is 2.31. The molecule has 1 aliphatic heterocycles. The van der Waals surface area contributed by atoms with Crippen molar-refractivity contribution in [3.05, 3.63) is 37.0 Å². The normalized spacial score (nSPS) is 23.1. The van der Waals surface area contributed by atoms with Gasteiger partial charge in [-0.1, -0.05) is 37.8 Å². The number of allylic oxidation sites excluding steroid dienone is 2. The largest absolute Gasteiger partial charge is 0.296 e. The summed E-state index contributed by atoms with van der Waals surface area (Å²) in [5.74, 6) is 0.760. The predicted octanol–water partition coefficient (Wildman–Crippen LogP) is 3.77. The third-order valence-corrected chi connectivity index (χ3v) is 3.39. The van der Waals surface area contributed by atoms with E-state index in [4.69, 9.17) is 11.6 Å². The van der Waals surface area contributed by atoms with E-state index in [0.717, 1.165) is 18.8 Å². The smallest absolute Gasteiger partial charge is 0.0238 e. The number of alkyl halides is 1. The van der Waals surface area contributed by atoms with E-state index in [1.54, 1.807) is 0 Å². The Bertz CT molecular complexity index is 255. The molecule has 1 rings (SSSR count). The molecule has 0 saturated carbocycles. The van der Waals surface area contributed by atoms with E-state index in [9.17, 15) is 0 Å². The summed E-state index contributed by atoms with van der Waals surface area (Å²) >= 11 is 5.85. The fourth-order valence-corrected chi connectivity index (χ4v) is 2.54. The van der Waals surface area contributed by atoms with E-state index in [0.29, 0.717) is 6.04 Å². The van der Waals surface area contributed by atoms with Gasteiger partial charge in [-0.3, -0.25) is 4.90 Å². The Morgan fingerprint density at radius 2 is 2.19 bits per heavy atom. The molecule has 0 aromatic heterocycles. The summed E-state index contributed by atoms with van der Waals surface area (Å²) in [7, 11) is 0. The molecule has 0 N–H and O–H groups in total. The van der Waals surface area contributed by atoms with Gasteiger partial charge >= 0.3 is 0 Å². The Balaban J connectivity index is 2.57. The lowest BCUT2D eigenvalue weighted by atomic mass is 9.99. The third-order valence-electron chi connectivity index (χ3n) is 3.17. The summed E-state index contributed by atoms with van der Waals surface area (Å²) < 4.78 is 0. The monoisotopic (exact) mass is 239 g/mol. The molecule has 0 bridgehead atoms. The molecule has 1 unspecified atom stereocenters. The van der Waals surface area contributed by atoms with Crippen molar-refractivity contribution in [2.75, 3.05) is 19.0 Å². The summed E-state index contributed by atoms with van der Waals surface area (Å²) in [5.41, 5.74) is 1.25. The molecular weight excluding hydrogens is 218 g/mol. The fraction of sp³-hybridized carbons (Fsp3) is 0.571. The van der Waals surface area contributed by atoms with Crippen molar-refractivity contribution in [3.63, 3.8) is 0 Å². The first-order valence-electron chi connectivity index (χ1n) is 6.06. The number of hydrogen-bond donors (Lipinski definition) is 0. The van der Waals surface area contributed by atoms with Gasteiger partial charge in [0.1, 0.15) is 0 Å². The zero-order valence-corrected chi connectivity index (χ0v) is 10.8. The molecule has 1 heterocycles. The fourth-order valence-electron chi connectivity index (χ4n) is 2.29. The Hall–Kier alpha value is -0.530.